The number of halogens is 4. The lowest BCUT2D eigenvalue weighted by atomic mass is 10.2. The lowest BCUT2D eigenvalue weighted by Gasteiger charge is -2.13. The molecule has 0 radical (unpaired) electrons. The highest BCUT2D eigenvalue weighted by Gasteiger charge is 2.30. The lowest BCUT2D eigenvalue weighted by Crippen LogP contribution is -2.24. The van der Waals surface area contributed by atoms with Crippen LogP contribution in [-0.2, 0) is 18.5 Å². The maximum absolute atomic E-state index is 13.2. The Hall–Kier alpha value is -3.86. The summed E-state index contributed by atoms with van der Waals surface area (Å²) >= 11 is 1.28. The van der Waals surface area contributed by atoms with Crippen molar-refractivity contribution < 1.29 is 27.1 Å². The van der Waals surface area contributed by atoms with Crippen molar-refractivity contribution in [2.24, 2.45) is 0 Å². The summed E-state index contributed by atoms with van der Waals surface area (Å²) in [6, 6.07) is 17.1. The maximum atomic E-state index is 13.2. The van der Waals surface area contributed by atoms with Gasteiger partial charge in [0, 0.05) is 17.0 Å². The van der Waals surface area contributed by atoms with Crippen LogP contribution in [0, 0.1) is 5.82 Å². The number of carbonyl (C=O) groups excluding carboxylic acids is 1. The molecule has 1 heterocycles. The van der Waals surface area contributed by atoms with E-state index in [0.717, 1.165) is 17.7 Å². The number of hydrogen-bond acceptors (Lipinski definition) is 5. The molecule has 4 rings (SSSR count). The van der Waals surface area contributed by atoms with Crippen molar-refractivity contribution in [2.75, 3.05) is 7.11 Å². The first kappa shape index (κ1) is 25.2. The Morgan fingerprint density at radius 1 is 0.972 bits per heavy atom. The third-order valence-corrected chi connectivity index (χ3v) is 6.19. The maximum Gasteiger partial charge on any atom is 0.416 e. The Morgan fingerprint density at radius 3 is 2.25 bits per heavy atom. The van der Waals surface area contributed by atoms with Crippen molar-refractivity contribution >= 4 is 17.7 Å². The molecule has 0 aliphatic carbocycles. The number of carbonyl (C=O) groups is 1. The van der Waals surface area contributed by atoms with Crippen LogP contribution in [0.15, 0.2) is 78.0 Å². The molecule has 1 aromatic heterocycles. The summed E-state index contributed by atoms with van der Waals surface area (Å²) in [6.07, 6.45) is -4.47. The molecule has 186 valence electrons. The number of hydrogen-bond donors (Lipinski definition) is 1. The third kappa shape index (κ3) is 6.03. The standard InChI is InChI=1S/C25H20F4N4O2S/c1-35-21-12-4-17(5-13-21)23(34)30-14-22-31-32-24(36-15-16-2-8-19(26)9-3-16)33(22)20-10-6-18(7-11-20)25(27,28)29/h2-13H,14-15H2,1H3,(H,30,34). The van der Waals surface area contributed by atoms with Gasteiger partial charge in [0.15, 0.2) is 11.0 Å². The number of amides is 1. The molecule has 11 heteroatoms. The molecule has 0 unspecified atom stereocenters. The van der Waals surface area contributed by atoms with Gasteiger partial charge in [0.25, 0.3) is 5.91 Å². The minimum atomic E-state index is -4.47. The summed E-state index contributed by atoms with van der Waals surface area (Å²) in [5.74, 6) is 0.651. The van der Waals surface area contributed by atoms with E-state index in [4.69, 9.17) is 4.74 Å². The highest BCUT2D eigenvalue weighted by atomic mass is 32.2. The minimum Gasteiger partial charge on any atom is -0.497 e. The van der Waals surface area contributed by atoms with Gasteiger partial charge >= 0.3 is 6.18 Å². The van der Waals surface area contributed by atoms with E-state index in [1.54, 1.807) is 41.0 Å². The number of thioether (sulfide) groups is 1. The molecule has 3 aromatic carbocycles. The van der Waals surface area contributed by atoms with Crippen molar-refractivity contribution in [1.29, 1.82) is 0 Å². The fourth-order valence-electron chi connectivity index (χ4n) is 3.30. The monoisotopic (exact) mass is 516 g/mol. The SMILES string of the molecule is COc1ccc(C(=O)NCc2nnc(SCc3ccc(F)cc3)n2-c2ccc(C(F)(F)F)cc2)cc1. The molecular weight excluding hydrogens is 496 g/mol. The fraction of sp³-hybridized carbons (Fsp3) is 0.160. The largest absolute Gasteiger partial charge is 0.497 e. The van der Waals surface area contributed by atoms with E-state index < -0.39 is 11.7 Å². The predicted octanol–water partition coefficient (Wildman–Crippen LogP) is 5.66. The number of nitrogens with one attached hydrogen (secondary N) is 1. The number of nitrogens with zero attached hydrogens (tertiary/aromatic N) is 3. The first-order valence-corrected chi connectivity index (χ1v) is 11.6. The summed E-state index contributed by atoms with van der Waals surface area (Å²) in [4.78, 5) is 12.6. The average Bonchev–Trinajstić information content (AvgIpc) is 3.29. The van der Waals surface area contributed by atoms with Crippen molar-refractivity contribution in [1.82, 2.24) is 20.1 Å². The number of methoxy groups -OCH3 is 1. The number of aromatic nitrogens is 3. The number of alkyl halides is 3. The molecule has 0 atom stereocenters. The van der Waals surface area contributed by atoms with Gasteiger partial charge in [0.2, 0.25) is 0 Å². The normalized spacial score (nSPS) is 11.4. The molecule has 1 N–H and O–H groups in total. The van der Waals surface area contributed by atoms with Crippen LogP contribution in [0.25, 0.3) is 5.69 Å². The van der Waals surface area contributed by atoms with Gasteiger partial charge in [-0.25, -0.2) is 4.39 Å². The summed E-state index contributed by atoms with van der Waals surface area (Å²) in [5.41, 5.74) is 0.859. The molecule has 0 fully saturated rings. The second-order valence-corrected chi connectivity index (χ2v) is 8.55. The Labute approximate surface area is 208 Å². The average molecular weight is 517 g/mol. The van der Waals surface area contributed by atoms with Gasteiger partial charge in [0.05, 0.1) is 19.2 Å². The van der Waals surface area contributed by atoms with Crippen LogP contribution in [0.2, 0.25) is 0 Å². The van der Waals surface area contributed by atoms with E-state index in [-0.39, 0.29) is 18.3 Å². The molecule has 0 aliphatic heterocycles. The minimum absolute atomic E-state index is 0.0179. The van der Waals surface area contributed by atoms with Crippen LogP contribution in [-0.4, -0.2) is 27.8 Å². The molecule has 0 bridgehead atoms. The second-order valence-electron chi connectivity index (χ2n) is 7.61. The van der Waals surface area contributed by atoms with E-state index in [0.29, 0.717) is 33.7 Å². The Bertz CT molecular complexity index is 1320. The van der Waals surface area contributed by atoms with Crippen molar-refractivity contribution in [2.45, 2.75) is 23.6 Å². The highest BCUT2D eigenvalue weighted by molar-refractivity contribution is 7.98. The summed E-state index contributed by atoms with van der Waals surface area (Å²) in [6.45, 7) is -0.0179. The lowest BCUT2D eigenvalue weighted by molar-refractivity contribution is -0.137. The molecule has 0 spiro atoms. The Morgan fingerprint density at radius 2 is 1.64 bits per heavy atom. The smallest absolute Gasteiger partial charge is 0.416 e. The van der Waals surface area contributed by atoms with Crippen molar-refractivity contribution in [3.8, 4) is 11.4 Å². The molecule has 4 aromatic rings. The quantitative estimate of drug-likeness (QED) is 0.242. The van der Waals surface area contributed by atoms with Crippen LogP contribution in [0.5, 0.6) is 5.75 Å². The fourth-order valence-corrected chi connectivity index (χ4v) is 4.23. The van der Waals surface area contributed by atoms with E-state index in [2.05, 4.69) is 15.5 Å². The van der Waals surface area contributed by atoms with E-state index in [1.165, 1.54) is 43.1 Å². The predicted molar refractivity (Wildman–Crippen MR) is 126 cm³/mol. The highest BCUT2D eigenvalue weighted by Crippen LogP contribution is 2.31. The summed E-state index contributed by atoms with van der Waals surface area (Å²) in [7, 11) is 1.52. The number of benzene rings is 3. The molecule has 0 saturated carbocycles. The van der Waals surface area contributed by atoms with Gasteiger partial charge in [-0.05, 0) is 66.2 Å². The molecule has 1 amide bonds. The van der Waals surface area contributed by atoms with Crippen molar-refractivity contribution in [3.63, 3.8) is 0 Å². The zero-order valence-corrected chi connectivity index (χ0v) is 19.7. The van der Waals surface area contributed by atoms with Crippen LogP contribution in [0.1, 0.15) is 27.3 Å². The van der Waals surface area contributed by atoms with Gasteiger partial charge in [0.1, 0.15) is 11.6 Å². The zero-order valence-electron chi connectivity index (χ0n) is 18.9. The topological polar surface area (TPSA) is 69.0 Å². The van der Waals surface area contributed by atoms with E-state index >= 15 is 0 Å². The Balaban J connectivity index is 1.58. The van der Waals surface area contributed by atoms with Gasteiger partial charge in [-0.1, -0.05) is 23.9 Å². The summed E-state index contributed by atoms with van der Waals surface area (Å²) in [5, 5.41) is 11.5. The van der Waals surface area contributed by atoms with Gasteiger partial charge in [-0.2, -0.15) is 13.2 Å². The Kier molecular flexibility index (Phi) is 7.58. The van der Waals surface area contributed by atoms with Crippen LogP contribution >= 0.6 is 11.8 Å². The van der Waals surface area contributed by atoms with Gasteiger partial charge in [-0.15, -0.1) is 10.2 Å². The first-order valence-electron chi connectivity index (χ1n) is 10.7. The van der Waals surface area contributed by atoms with E-state index in [9.17, 15) is 22.4 Å². The van der Waals surface area contributed by atoms with Crippen LogP contribution in [0.3, 0.4) is 0 Å². The summed E-state index contributed by atoms with van der Waals surface area (Å²) < 4.78 is 59.1. The van der Waals surface area contributed by atoms with Crippen LogP contribution < -0.4 is 10.1 Å². The first-order chi connectivity index (χ1) is 17.2. The molecule has 6 nitrogen and oxygen atoms in total. The van der Waals surface area contributed by atoms with Gasteiger partial charge < -0.3 is 10.1 Å². The third-order valence-electron chi connectivity index (χ3n) is 5.19. The second kappa shape index (κ2) is 10.8. The molecule has 0 aliphatic rings. The molecule has 0 saturated heterocycles. The van der Waals surface area contributed by atoms with E-state index in [1.807, 2.05) is 0 Å². The molecular formula is C25H20F4N4O2S. The van der Waals surface area contributed by atoms with Crippen LogP contribution in [0.4, 0.5) is 17.6 Å². The zero-order chi connectivity index (χ0) is 25.7. The van der Waals surface area contributed by atoms with Crippen molar-refractivity contribution in [3.05, 3.63) is 101 Å². The molecule has 36 heavy (non-hydrogen) atoms. The number of ether oxygens (including phenoxy) is 1. The number of rotatable bonds is 8. The van der Waals surface area contributed by atoms with Gasteiger partial charge in [-0.3, -0.25) is 9.36 Å².